The third kappa shape index (κ3) is 5.81. The second-order valence-corrected chi connectivity index (χ2v) is 9.01. The first-order chi connectivity index (χ1) is 16.0. The van der Waals surface area contributed by atoms with Gasteiger partial charge in [-0.1, -0.05) is 6.92 Å². The van der Waals surface area contributed by atoms with E-state index >= 15 is 0 Å². The smallest absolute Gasteiger partial charge is 0.434 e. The maximum Gasteiger partial charge on any atom is 0.510 e. The molecule has 0 radical (unpaired) electrons. The molecule has 0 spiro atoms. The lowest BCUT2D eigenvalue weighted by Gasteiger charge is -2.21. The summed E-state index contributed by atoms with van der Waals surface area (Å²) in [7, 11) is 0. The molecule has 34 heavy (non-hydrogen) atoms. The maximum absolute atomic E-state index is 12.1. The lowest BCUT2D eigenvalue weighted by atomic mass is 10.0. The summed E-state index contributed by atoms with van der Waals surface area (Å²) in [6, 6.07) is 4.55. The molecule has 2 heterocycles. The number of aryl methyl sites for hydroxylation is 1. The number of rotatable bonds is 7. The number of aliphatic hydroxyl groups is 2. The highest BCUT2D eigenvalue weighted by Crippen LogP contribution is 2.31. The highest BCUT2D eigenvalue weighted by Gasteiger charge is 2.42. The number of benzene rings is 1. The summed E-state index contributed by atoms with van der Waals surface area (Å²) in [6.07, 6.45) is -5.74. The summed E-state index contributed by atoms with van der Waals surface area (Å²) in [5.41, 5.74) is -0.839. The van der Waals surface area contributed by atoms with Crippen molar-refractivity contribution < 1.29 is 34.1 Å². The van der Waals surface area contributed by atoms with Crippen molar-refractivity contribution in [2.75, 3.05) is 6.61 Å². The van der Waals surface area contributed by atoms with E-state index in [-0.39, 0.29) is 24.3 Å². The number of nitro groups is 1. The van der Waals surface area contributed by atoms with Gasteiger partial charge in [-0.3, -0.25) is 24.5 Å². The number of carbonyl (C=O) groups excluding carboxylic acids is 1. The van der Waals surface area contributed by atoms with E-state index in [1.165, 1.54) is 19.2 Å². The number of carbonyl (C=O) groups is 1. The summed E-state index contributed by atoms with van der Waals surface area (Å²) in [4.78, 5) is 48.4. The third-order valence-electron chi connectivity index (χ3n) is 5.26. The molecule has 1 saturated heterocycles. The quantitative estimate of drug-likeness (QED) is 0.139. The van der Waals surface area contributed by atoms with Crippen LogP contribution in [-0.2, 0) is 14.2 Å². The van der Waals surface area contributed by atoms with Crippen LogP contribution in [0.4, 0.5) is 10.5 Å². The minimum absolute atomic E-state index is 0.112. The van der Waals surface area contributed by atoms with Gasteiger partial charge in [0.15, 0.2) is 0 Å². The summed E-state index contributed by atoms with van der Waals surface area (Å²) in [6.45, 7) is 2.84. The van der Waals surface area contributed by atoms with Crippen LogP contribution in [0.2, 0.25) is 0 Å². The first kappa shape index (κ1) is 25.8. The van der Waals surface area contributed by atoms with Gasteiger partial charge < -0.3 is 24.4 Å². The molecule has 0 aliphatic carbocycles. The Morgan fingerprint density at radius 1 is 1.44 bits per heavy atom. The molecule has 14 heteroatoms. The van der Waals surface area contributed by atoms with Crippen LogP contribution in [0.25, 0.3) is 0 Å². The van der Waals surface area contributed by atoms with Gasteiger partial charge in [0.1, 0.15) is 18.9 Å². The molecule has 3 rings (SSSR count). The van der Waals surface area contributed by atoms with E-state index in [0.717, 1.165) is 8.14 Å². The molecule has 184 valence electrons. The van der Waals surface area contributed by atoms with Gasteiger partial charge in [0.05, 0.1) is 11.0 Å². The molecular weight excluding hydrogens is 569 g/mol. The molecule has 3 N–H and O–H groups in total. The number of aromatic nitrogens is 2. The fraction of sp³-hybridized carbons (Fsp3) is 0.450. The molecule has 1 fully saturated rings. The Labute approximate surface area is 205 Å². The van der Waals surface area contributed by atoms with Gasteiger partial charge in [0.2, 0.25) is 6.29 Å². The molecule has 1 aromatic carbocycles. The van der Waals surface area contributed by atoms with Gasteiger partial charge in [-0.15, -0.1) is 0 Å². The van der Waals surface area contributed by atoms with Crippen LogP contribution in [0.1, 0.15) is 36.6 Å². The van der Waals surface area contributed by atoms with E-state index in [2.05, 4.69) is 4.98 Å². The van der Waals surface area contributed by atoms with Gasteiger partial charge in [0.25, 0.3) is 11.2 Å². The van der Waals surface area contributed by atoms with Crippen molar-refractivity contribution in [3.8, 4) is 0 Å². The average Bonchev–Trinajstić information content (AvgIpc) is 3.15. The number of aliphatic hydroxyl groups excluding tert-OH is 2. The predicted molar refractivity (Wildman–Crippen MR) is 123 cm³/mol. The molecule has 0 bridgehead atoms. The molecule has 13 nitrogen and oxygen atoms in total. The van der Waals surface area contributed by atoms with Crippen molar-refractivity contribution in [1.82, 2.24) is 9.55 Å². The largest absolute Gasteiger partial charge is 0.510 e. The monoisotopic (exact) mass is 591 g/mol. The predicted octanol–water partition coefficient (Wildman–Crippen LogP) is 1.28. The molecule has 2 aromatic rings. The zero-order valence-corrected chi connectivity index (χ0v) is 20.2. The van der Waals surface area contributed by atoms with Gasteiger partial charge in [0, 0.05) is 39.3 Å². The summed E-state index contributed by atoms with van der Waals surface area (Å²) in [5, 5.41) is 31.7. The Bertz CT molecular complexity index is 1200. The maximum atomic E-state index is 12.1. The van der Waals surface area contributed by atoms with E-state index in [9.17, 15) is 34.7 Å². The van der Waals surface area contributed by atoms with Crippen LogP contribution >= 0.6 is 22.6 Å². The minimum Gasteiger partial charge on any atom is -0.434 e. The number of nitro benzene ring substituents is 1. The van der Waals surface area contributed by atoms with Crippen LogP contribution in [0.5, 0.6) is 0 Å². The number of aromatic amines is 1. The molecule has 2 unspecified atom stereocenters. The van der Waals surface area contributed by atoms with Crippen LogP contribution < -0.4 is 11.2 Å². The number of ether oxygens (including phenoxy) is 3. The SMILES string of the molecule is Cc1cn([C@H]2C[C@H](O)[C@@H](C(O)OC(=O)OCC(C)c3cc(I)ccc3[N+](=O)[O-])O2)c(=O)[nH]c1=O. The minimum atomic E-state index is -1.92. The van der Waals surface area contributed by atoms with Crippen molar-refractivity contribution in [3.05, 3.63) is 70.0 Å². The molecule has 1 aliphatic heterocycles. The Morgan fingerprint density at radius 2 is 2.15 bits per heavy atom. The van der Waals surface area contributed by atoms with Gasteiger partial charge in [-0.25, -0.2) is 9.59 Å². The van der Waals surface area contributed by atoms with Crippen LogP contribution in [0.3, 0.4) is 0 Å². The topological polar surface area (TPSA) is 183 Å². The molecule has 0 saturated carbocycles. The van der Waals surface area contributed by atoms with Gasteiger partial charge >= 0.3 is 11.8 Å². The van der Waals surface area contributed by atoms with E-state index in [1.807, 2.05) is 22.6 Å². The highest BCUT2D eigenvalue weighted by atomic mass is 127. The molecule has 0 amide bonds. The summed E-state index contributed by atoms with van der Waals surface area (Å²) < 4.78 is 17.1. The van der Waals surface area contributed by atoms with Crippen molar-refractivity contribution in [3.63, 3.8) is 0 Å². The number of hydrogen-bond donors (Lipinski definition) is 3. The molecule has 1 aliphatic rings. The number of nitrogens with zero attached hydrogens (tertiary/aromatic N) is 2. The second-order valence-electron chi connectivity index (χ2n) is 7.77. The van der Waals surface area contributed by atoms with E-state index in [1.54, 1.807) is 19.1 Å². The normalized spacial score (nSPS) is 21.6. The van der Waals surface area contributed by atoms with E-state index in [4.69, 9.17) is 14.2 Å². The van der Waals surface area contributed by atoms with Crippen LogP contribution in [-0.4, -0.2) is 55.9 Å². The number of halogens is 1. The molecular formula is C20H22IN3O10. The van der Waals surface area contributed by atoms with Crippen molar-refractivity contribution in [2.24, 2.45) is 0 Å². The average molecular weight is 591 g/mol. The second kappa shape index (κ2) is 10.6. The Balaban J connectivity index is 1.59. The first-order valence-electron chi connectivity index (χ1n) is 10.1. The Kier molecular flexibility index (Phi) is 8.06. The van der Waals surface area contributed by atoms with Crippen molar-refractivity contribution in [2.45, 2.75) is 50.9 Å². The lowest BCUT2D eigenvalue weighted by Crippen LogP contribution is -2.38. The standard InChI is InChI=1S/C20H22IN3O10/c1-9-7-23(19(28)22-17(9)26)15-6-14(25)16(33-15)18(27)34-20(29)32-8-10(2)12-5-11(21)3-4-13(12)24(30)31/h3-5,7,10,14-16,18,25,27H,6,8H2,1-2H3,(H,22,26,28)/t10?,14-,15+,16-,18?/m0/s1. The van der Waals surface area contributed by atoms with Crippen LogP contribution in [0.15, 0.2) is 34.0 Å². The van der Waals surface area contributed by atoms with Crippen LogP contribution in [0, 0.1) is 20.6 Å². The number of hydrogen-bond acceptors (Lipinski definition) is 10. The number of H-pyrrole nitrogens is 1. The fourth-order valence-corrected chi connectivity index (χ4v) is 3.99. The van der Waals surface area contributed by atoms with E-state index in [0.29, 0.717) is 5.56 Å². The molecule has 5 atom stereocenters. The van der Waals surface area contributed by atoms with Crippen molar-refractivity contribution >= 4 is 34.4 Å². The lowest BCUT2D eigenvalue weighted by molar-refractivity contribution is -0.385. The summed E-state index contributed by atoms with van der Waals surface area (Å²) in [5.74, 6) is -0.548. The summed E-state index contributed by atoms with van der Waals surface area (Å²) >= 11 is 2.01. The Hall–Kier alpha value is -2.82. The first-order valence-corrected chi connectivity index (χ1v) is 11.2. The zero-order chi connectivity index (χ0) is 25.2. The number of nitrogens with one attached hydrogen (secondary N) is 1. The third-order valence-corrected chi connectivity index (χ3v) is 5.93. The van der Waals surface area contributed by atoms with Gasteiger partial charge in [-0.05, 0) is 41.6 Å². The van der Waals surface area contributed by atoms with E-state index < -0.39 is 53.0 Å². The Morgan fingerprint density at radius 3 is 2.82 bits per heavy atom. The molecule has 1 aromatic heterocycles. The highest BCUT2D eigenvalue weighted by molar-refractivity contribution is 14.1. The van der Waals surface area contributed by atoms with Gasteiger partial charge in [-0.2, -0.15) is 0 Å². The fourth-order valence-electron chi connectivity index (χ4n) is 3.47. The zero-order valence-electron chi connectivity index (χ0n) is 18.0. The van der Waals surface area contributed by atoms with Crippen molar-refractivity contribution in [1.29, 1.82) is 0 Å².